The summed E-state index contributed by atoms with van der Waals surface area (Å²) in [5, 5.41) is 0. The monoisotopic (exact) mass is 252 g/mol. The lowest BCUT2D eigenvalue weighted by molar-refractivity contribution is 0.0807. The van der Waals surface area contributed by atoms with Gasteiger partial charge in [-0.25, -0.2) is 0 Å². The van der Waals surface area contributed by atoms with Gasteiger partial charge in [-0.05, 0) is 11.5 Å². The molecule has 0 heterocycles. The topological polar surface area (TPSA) is 17.1 Å². The third kappa shape index (κ3) is 2.76. The van der Waals surface area contributed by atoms with Crippen LogP contribution in [0.4, 0.5) is 0 Å². The number of hydrogen-bond acceptors (Lipinski definition) is 1. The summed E-state index contributed by atoms with van der Waals surface area (Å²) >= 11 is 0. The zero-order chi connectivity index (χ0) is 13.9. The molecule has 0 fully saturated rings. The van der Waals surface area contributed by atoms with Gasteiger partial charge in [0.05, 0.1) is 0 Å². The van der Waals surface area contributed by atoms with Crippen molar-refractivity contribution in [3.8, 4) is 0 Å². The second-order valence-corrected chi connectivity index (χ2v) is 5.55. The van der Waals surface area contributed by atoms with Crippen LogP contribution in [0.25, 0.3) is 0 Å². The van der Waals surface area contributed by atoms with Crippen molar-refractivity contribution in [3.05, 3.63) is 71.8 Å². The van der Waals surface area contributed by atoms with E-state index >= 15 is 0 Å². The molecule has 0 aliphatic rings. The maximum Gasteiger partial charge on any atom is 0.169 e. The Morgan fingerprint density at radius 1 is 0.895 bits per heavy atom. The summed E-state index contributed by atoms with van der Waals surface area (Å²) < 4.78 is 0. The SMILES string of the molecule is C[C@H](c1ccccc1)C(C)(C)C(=O)c1ccccc1. The molecule has 0 unspecified atom stereocenters. The Hall–Kier alpha value is -1.89. The predicted molar refractivity (Wildman–Crippen MR) is 79.4 cm³/mol. The van der Waals surface area contributed by atoms with E-state index in [1.165, 1.54) is 5.56 Å². The molecule has 0 aliphatic heterocycles. The van der Waals surface area contributed by atoms with Crippen molar-refractivity contribution in [2.45, 2.75) is 26.7 Å². The van der Waals surface area contributed by atoms with E-state index in [9.17, 15) is 4.79 Å². The molecule has 0 saturated heterocycles. The van der Waals surface area contributed by atoms with Crippen molar-refractivity contribution in [1.82, 2.24) is 0 Å². The van der Waals surface area contributed by atoms with Gasteiger partial charge in [0.15, 0.2) is 5.78 Å². The van der Waals surface area contributed by atoms with E-state index in [0.29, 0.717) is 0 Å². The summed E-state index contributed by atoms with van der Waals surface area (Å²) in [6, 6.07) is 19.8. The molecular formula is C18H20O. The van der Waals surface area contributed by atoms with Crippen LogP contribution in [0.5, 0.6) is 0 Å². The first-order chi connectivity index (χ1) is 9.03. The van der Waals surface area contributed by atoms with Gasteiger partial charge in [-0.3, -0.25) is 4.79 Å². The summed E-state index contributed by atoms with van der Waals surface area (Å²) in [6.45, 7) is 6.18. The third-order valence-electron chi connectivity index (χ3n) is 4.00. The van der Waals surface area contributed by atoms with Crippen molar-refractivity contribution < 1.29 is 4.79 Å². The van der Waals surface area contributed by atoms with Gasteiger partial charge in [-0.2, -0.15) is 0 Å². The average Bonchev–Trinajstić information content (AvgIpc) is 2.47. The lowest BCUT2D eigenvalue weighted by atomic mass is 9.71. The fourth-order valence-corrected chi connectivity index (χ4v) is 2.32. The molecule has 2 aromatic carbocycles. The van der Waals surface area contributed by atoms with Crippen LogP contribution in [-0.4, -0.2) is 5.78 Å². The van der Waals surface area contributed by atoms with Crippen LogP contribution >= 0.6 is 0 Å². The number of carbonyl (C=O) groups is 1. The molecular weight excluding hydrogens is 232 g/mol. The van der Waals surface area contributed by atoms with Gasteiger partial charge in [0.25, 0.3) is 0 Å². The highest BCUT2D eigenvalue weighted by Gasteiger charge is 2.35. The first-order valence-electron chi connectivity index (χ1n) is 6.68. The van der Waals surface area contributed by atoms with Crippen molar-refractivity contribution in [3.63, 3.8) is 0 Å². The van der Waals surface area contributed by atoms with Crippen LogP contribution in [0.2, 0.25) is 0 Å². The minimum absolute atomic E-state index is 0.182. The van der Waals surface area contributed by atoms with Gasteiger partial charge in [0, 0.05) is 11.0 Å². The van der Waals surface area contributed by atoms with Gasteiger partial charge in [0.2, 0.25) is 0 Å². The van der Waals surface area contributed by atoms with E-state index in [4.69, 9.17) is 0 Å². The number of benzene rings is 2. The van der Waals surface area contributed by atoms with Crippen molar-refractivity contribution >= 4 is 5.78 Å². The Kier molecular flexibility index (Phi) is 3.84. The highest BCUT2D eigenvalue weighted by molar-refractivity contribution is 6.00. The van der Waals surface area contributed by atoms with E-state index in [1.54, 1.807) is 0 Å². The molecule has 0 N–H and O–H groups in total. The molecule has 1 atom stereocenters. The van der Waals surface area contributed by atoms with Crippen LogP contribution in [0.3, 0.4) is 0 Å². The smallest absolute Gasteiger partial charge is 0.169 e. The van der Waals surface area contributed by atoms with Gasteiger partial charge < -0.3 is 0 Å². The number of rotatable bonds is 4. The molecule has 0 amide bonds. The Morgan fingerprint density at radius 3 is 1.89 bits per heavy atom. The molecule has 1 nitrogen and oxygen atoms in total. The zero-order valence-corrected chi connectivity index (χ0v) is 11.8. The lowest BCUT2D eigenvalue weighted by Gasteiger charge is -2.30. The van der Waals surface area contributed by atoms with Crippen molar-refractivity contribution in [1.29, 1.82) is 0 Å². The molecule has 0 aliphatic carbocycles. The standard InChI is InChI=1S/C18H20O/c1-14(15-10-6-4-7-11-15)18(2,3)17(19)16-12-8-5-9-13-16/h4-14H,1-3H3/t14-/m1/s1. The summed E-state index contributed by atoms with van der Waals surface area (Å²) in [7, 11) is 0. The quantitative estimate of drug-likeness (QED) is 0.721. The number of Topliss-reactive ketones (excluding diaryl/α,β-unsaturated/α-hetero) is 1. The maximum absolute atomic E-state index is 12.7. The first kappa shape index (κ1) is 13.5. The normalized spacial score (nSPS) is 13.0. The van der Waals surface area contributed by atoms with E-state index in [0.717, 1.165) is 5.56 Å². The Balaban J connectivity index is 2.30. The van der Waals surface area contributed by atoms with Gasteiger partial charge in [0.1, 0.15) is 0 Å². The van der Waals surface area contributed by atoms with Gasteiger partial charge in [-0.15, -0.1) is 0 Å². The van der Waals surface area contributed by atoms with Gasteiger partial charge >= 0.3 is 0 Å². The van der Waals surface area contributed by atoms with E-state index in [-0.39, 0.29) is 11.7 Å². The molecule has 98 valence electrons. The Morgan fingerprint density at radius 2 is 1.37 bits per heavy atom. The summed E-state index contributed by atoms with van der Waals surface area (Å²) in [6.07, 6.45) is 0. The zero-order valence-electron chi connectivity index (χ0n) is 11.8. The summed E-state index contributed by atoms with van der Waals surface area (Å²) in [4.78, 5) is 12.7. The van der Waals surface area contributed by atoms with Crippen LogP contribution in [0.15, 0.2) is 60.7 Å². The molecule has 2 aromatic rings. The molecule has 0 aromatic heterocycles. The Labute approximate surface area is 115 Å². The van der Waals surface area contributed by atoms with E-state index in [2.05, 4.69) is 19.1 Å². The third-order valence-corrected chi connectivity index (χ3v) is 4.00. The fourth-order valence-electron chi connectivity index (χ4n) is 2.32. The second kappa shape index (κ2) is 5.40. The van der Waals surface area contributed by atoms with Gasteiger partial charge in [-0.1, -0.05) is 81.4 Å². The molecule has 0 bridgehead atoms. The largest absolute Gasteiger partial charge is 0.294 e. The van der Waals surface area contributed by atoms with Crippen molar-refractivity contribution in [2.24, 2.45) is 5.41 Å². The fraction of sp³-hybridized carbons (Fsp3) is 0.278. The second-order valence-electron chi connectivity index (χ2n) is 5.55. The van der Waals surface area contributed by atoms with Crippen LogP contribution < -0.4 is 0 Å². The number of ketones is 1. The molecule has 2 rings (SSSR count). The van der Waals surface area contributed by atoms with Crippen LogP contribution in [-0.2, 0) is 0 Å². The molecule has 19 heavy (non-hydrogen) atoms. The minimum atomic E-state index is -0.414. The minimum Gasteiger partial charge on any atom is -0.294 e. The molecule has 0 radical (unpaired) electrons. The average molecular weight is 252 g/mol. The van der Waals surface area contributed by atoms with Crippen LogP contribution in [0, 0.1) is 5.41 Å². The Bertz CT molecular complexity index is 540. The first-order valence-corrected chi connectivity index (χ1v) is 6.68. The maximum atomic E-state index is 12.7. The summed E-state index contributed by atoms with van der Waals surface area (Å²) in [5.74, 6) is 0.380. The molecule has 0 saturated carbocycles. The highest BCUT2D eigenvalue weighted by Crippen LogP contribution is 2.37. The van der Waals surface area contributed by atoms with Crippen LogP contribution in [0.1, 0.15) is 42.6 Å². The van der Waals surface area contributed by atoms with E-state index in [1.807, 2.05) is 62.4 Å². The predicted octanol–water partition coefficient (Wildman–Crippen LogP) is 4.70. The molecule has 0 spiro atoms. The highest BCUT2D eigenvalue weighted by atomic mass is 16.1. The lowest BCUT2D eigenvalue weighted by Crippen LogP contribution is -2.30. The van der Waals surface area contributed by atoms with Crippen molar-refractivity contribution in [2.75, 3.05) is 0 Å². The molecule has 1 heteroatoms. The number of hydrogen-bond donors (Lipinski definition) is 0. The summed E-state index contributed by atoms with van der Waals surface area (Å²) in [5.41, 5.74) is 1.58. The van der Waals surface area contributed by atoms with E-state index < -0.39 is 5.41 Å². The number of carbonyl (C=O) groups excluding carboxylic acids is 1.